The summed E-state index contributed by atoms with van der Waals surface area (Å²) in [5, 5.41) is 16.5. The number of anilines is 2. The Labute approximate surface area is 155 Å². The van der Waals surface area contributed by atoms with E-state index in [9.17, 15) is 9.59 Å². The summed E-state index contributed by atoms with van der Waals surface area (Å²) >= 11 is 2.63. The number of benzene rings is 1. The zero-order chi connectivity index (χ0) is 18.4. The van der Waals surface area contributed by atoms with Gasteiger partial charge in [0.1, 0.15) is 0 Å². The quantitative estimate of drug-likeness (QED) is 0.667. The molecule has 0 radical (unpaired) electrons. The third-order valence-corrected chi connectivity index (χ3v) is 5.50. The average Bonchev–Trinajstić information content (AvgIpc) is 2.99. The smallest absolute Gasteiger partial charge is 0.321 e. The first-order valence-corrected chi connectivity index (χ1v) is 9.52. The molecule has 3 amide bonds. The van der Waals surface area contributed by atoms with E-state index < -0.39 is 11.3 Å². The number of aryl methyl sites for hydroxylation is 1. The van der Waals surface area contributed by atoms with E-state index in [1.54, 1.807) is 13.8 Å². The van der Waals surface area contributed by atoms with Gasteiger partial charge in [0.2, 0.25) is 11.0 Å². The molecule has 0 bridgehead atoms. The van der Waals surface area contributed by atoms with E-state index in [-0.39, 0.29) is 5.91 Å². The highest BCUT2D eigenvalue weighted by atomic mass is 32.2. The lowest BCUT2D eigenvalue weighted by molar-refractivity contribution is -0.119. The first-order valence-electron chi connectivity index (χ1n) is 7.82. The molecule has 0 aliphatic heterocycles. The summed E-state index contributed by atoms with van der Waals surface area (Å²) in [6, 6.07) is 5.53. The topological polar surface area (TPSA) is 96.0 Å². The molecule has 3 N–H and O–H groups in total. The maximum atomic E-state index is 12.0. The number of hydrogen-bond acceptors (Lipinski definition) is 7. The van der Waals surface area contributed by atoms with Crippen molar-refractivity contribution in [1.29, 1.82) is 0 Å². The fourth-order valence-corrected chi connectivity index (χ4v) is 3.84. The van der Waals surface area contributed by atoms with Crippen LogP contribution in [-0.2, 0) is 4.79 Å². The van der Waals surface area contributed by atoms with E-state index in [0.29, 0.717) is 16.0 Å². The van der Waals surface area contributed by atoms with Gasteiger partial charge in [0.25, 0.3) is 0 Å². The second-order valence-electron chi connectivity index (χ2n) is 5.35. The SMILES string of the molecule is CCNC(=O)NC(=O)C(C)Sc1nnc(Nc2cccc(C)c2C)s1. The van der Waals surface area contributed by atoms with Crippen molar-refractivity contribution in [3.05, 3.63) is 29.3 Å². The average molecular weight is 380 g/mol. The van der Waals surface area contributed by atoms with Gasteiger partial charge in [-0.2, -0.15) is 0 Å². The highest BCUT2D eigenvalue weighted by Crippen LogP contribution is 2.31. The summed E-state index contributed by atoms with van der Waals surface area (Å²) in [4.78, 5) is 23.4. The van der Waals surface area contributed by atoms with Gasteiger partial charge >= 0.3 is 6.03 Å². The molecule has 1 heterocycles. The second kappa shape index (κ2) is 8.82. The lowest BCUT2D eigenvalue weighted by Gasteiger charge is -2.09. The number of aromatic nitrogens is 2. The fraction of sp³-hybridized carbons (Fsp3) is 0.375. The van der Waals surface area contributed by atoms with Gasteiger partial charge < -0.3 is 10.6 Å². The second-order valence-corrected chi connectivity index (χ2v) is 7.92. The molecule has 2 rings (SSSR count). The largest absolute Gasteiger partial charge is 0.338 e. The summed E-state index contributed by atoms with van der Waals surface area (Å²) in [5.74, 6) is -0.366. The molecule has 9 heteroatoms. The van der Waals surface area contributed by atoms with Gasteiger partial charge in [0.15, 0.2) is 4.34 Å². The number of rotatable bonds is 6. The fourth-order valence-electron chi connectivity index (χ4n) is 1.93. The van der Waals surface area contributed by atoms with Crippen molar-refractivity contribution in [3.63, 3.8) is 0 Å². The lowest BCUT2D eigenvalue weighted by Crippen LogP contribution is -2.42. The Bertz CT molecular complexity index is 763. The molecular weight excluding hydrogens is 358 g/mol. The van der Waals surface area contributed by atoms with Crippen LogP contribution in [0.15, 0.2) is 22.5 Å². The van der Waals surface area contributed by atoms with E-state index in [1.165, 1.54) is 28.7 Å². The van der Waals surface area contributed by atoms with E-state index in [2.05, 4.69) is 39.1 Å². The van der Waals surface area contributed by atoms with Crippen molar-refractivity contribution in [1.82, 2.24) is 20.8 Å². The van der Waals surface area contributed by atoms with Crippen LogP contribution in [0.1, 0.15) is 25.0 Å². The summed E-state index contributed by atoms with van der Waals surface area (Å²) in [6.45, 7) is 8.07. The van der Waals surface area contributed by atoms with Crippen LogP contribution >= 0.6 is 23.1 Å². The maximum Gasteiger partial charge on any atom is 0.321 e. The number of hydrogen-bond donors (Lipinski definition) is 3. The number of imide groups is 1. The number of amides is 3. The van der Waals surface area contributed by atoms with Crippen molar-refractivity contribution in [2.45, 2.75) is 37.3 Å². The van der Waals surface area contributed by atoms with Gasteiger partial charge in [-0.3, -0.25) is 10.1 Å². The Morgan fingerprint density at radius 2 is 2.04 bits per heavy atom. The van der Waals surface area contributed by atoms with Crippen molar-refractivity contribution >= 4 is 45.9 Å². The summed E-state index contributed by atoms with van der Waals surface area (Å²) in [7, 11) is 0. The van der Waals surface area contributed by atoms with Crippen LogP contribution in [0.3, 0.4) is 0 Å². The van der Waals surface area contributed by atoms with Gasteiger partial charge in [-0.15, -0.1) is 10.2 Å². The molecule has 0 aliphatic rings. The number of carbonyl (C=O) groups is 2. The van der Waals surface area contributed by atoms with Crippen molar-refractivity contribution in [3.8, 4) is 0 Å². The monoisotopic (exact) mass is 379 g/mol. The van der Waals surface area contributed by atoms with Crippen molar-refractivity contribution in [2.75, 3.05) is 11.9 Å². The maximum absolute atomic E-state index is 12.0. The number of nitrogens with zero attached hydrogens (tertiary/aromatic N) is 2. The van der Waals surface area contributed by atoms with Crippen LogP contribution in [0.5, 0.6) is 0 Å². The van der Waals surface area contributed by atoms with Gasteiger partial charge in [-0.1, -0.05) is 35.2 Å². The highest BCUT2D eigenvalue weighted by Gasteiger charge is 2.19. The summed E-state index contributed by atoms with van der Waals surface area (Å²) < 4.78 is 0.659. The Morgan fingerprint density at radius 1 is 1.28 bits per heavy atom. The van der Waals surface area contributed by atoms with Gasteiger partial charge in [-0.05, 0) is 44.9 Å². The van der Waals surface area contributed by atoms with Crippen LogP contribution in [-0.4, -0.2) is 33.9 Å². The standard InChI is InChI=1S/C16H21N5O2S2/c1-5-17-14(23)19-13(22)11(4)24-16-21-20-15(25-16)18-12-8-6-7-9(2)10(12)3/h6-8,11H,5H2,1-4H3,(H,18,20)(H2,17,19,22,23). The predicted molar refractivity (Wildman–Crippen MR) is 102 cm³/mol. The summed E-state index contributed by atoms with van der Waals surface area (Å²) in [5.41, 5.74) is 3.33. The van der Waals surface area contributed by atoms with Gasteiger partial charge in [-0.25, -0.2) is 4.79 Å². The third kappa shape index (κ3) is 5.43. The molecule has 1 aromatic heterocycles. The lowest BCUT2D eigenvalue weighted by atomic mass is 10.1. The minimum Gasteiger partial charge on any atom is -0.338 e. The Balaban J connectivity index is 1.95. The normalized spacial score (nSPS) is 11.7. The van der Waals surface area contributed by atoms with Crippen LogP contribution in [0.2, 0.25) is 0 Å². The zero-order valence-electron chi connectivity index (χ0n) is 14.5. The molecule has 134 valence electrons. The predicted octanol–water partition coefficient (Wildman–Crippen LogP) is 3.22. The number of carbonyl (C=O) groups excluding carboxylic acids is 2. The zero-order valence-corrected chi connectivity index (χ0v) is 16.2. The molecule has 25 heavy (non-hydrogen) atoms. The molecule has 0 spiro atoms. The number of thioether (sulfide) groups is 1. The molecule has 1 unspecified atom stereocenters. The molecular formula is C16H21N5O2S2. The van der Waals surface area contributed by atoms with Crippen LogP contribution in [0.25, 0.3) is 0 Å². The van der Waals surface area contributed by atoms with Gasteiger partial charge in [0, 0.05) is 12.2 Å². The Kier molecular flexibility index (Phi) is 6.77. The van der Waals surface area contributed by atoms with Crippen LogP contribution in [0.4, 0.5) is 15.6 Å². The first-order chi connectivity index (χ1) is 11.9. The number of urea groups is 1. The van der Waals surface area contributed by atoms with Crippen LogP contribution < -0.4 is 16.0 Å². The number of nitrogens with one attached hydrogen (secondary N) is 3. The Morgan fingerprint density at radius 3 is 2.76 bits per heavy atom. The molecule has 7 nitrogen and oxygen atoms in total. The van der Waals surface area contributed by atoms with E-state index in [0.717, 1.165) is 11.3 Å². The molecule has 0 saturated carbocycles. The molecule has 0 fully saturated rings. The highest BCUT2D eigenvalue weighted by molar-refractivity contribution is 8.02. The first kappa shape index (κ1) is 19.2. The molecule has 1 atom stereocenters. The minimum absolute atomic E-state index is 0.366. The molecule has 0 aliphatic carbocycles. The van der Waals surface area contributed by atoms with E-state index in [4.69, 9.17) is 0 Å². The van der Waals surface area contributed by atoms with E-state index >= 15 is 0 Å². The third-order valence-electron chi connectivity index (χ3n) is 3.47. The van der Waals surface area contributed by atoms with Gasteiger partial charge in [0.05, 0.1) is 5.25 Å². The van der Waals surface area contributed by atoms with E-state index in [1.807, 2.05) is 19.1 Å². The van der Waals surface area contributed by atoms with Crippen molar-refractivity contribution < 1.29 is 9.59 Å². The minimum atomic E-state index is -0.491. The Hall–Kier alpha value is -2.13. The molecule has 1 aromatic carbocycles. The summed E-state index contributed by atoms with van der Waals surface area (Å²) in [6.07, 6.45) is 0. The van der Waals surface area contributed by atoms with Crippen LogP contribution in [0, 0.1) is 13.8 Å². The van der Waals surface area contributed by atoms with Crippen molar-refractivity contribution in [2.24, 2.45) is 0 Å². The molecule has 0 saturated heterocycles. The molecule has 2 aromatic rings.